The first kappa shape index (κ1) is 16.5. The fourth-order valence-electron chi connectivity index (χ4n) is 1.92. The van der Waals surface area contributed by atoms with Gasteiger partial charge in [0.25, 0.3) is 5.91 Å². The Kier molecular flexibility index (Phi) is 6.87. The maximum Gasteiger partial charge on any atom is 0.254 e. The third-order valence-corrected chi connectivity index (χ3v) is 4.29. The van der Waals surface area contributed by atoms with Crippen LogP contribution in [0.4, 0.5) is 0 Å². The van der Waals surface area contributed by atoms with Crippen LogP contribution < -0.4 is 0 Å². The van der Waals surface area contributed by atoms with Gasteiger partial charge in [-0.3, -0.25) is 4.79 Å². The molecule has 19 heavy (non-hydrogen) atoms. The second-order valence-corrected chi connectivity index (χ2v) is 6.19. The lowest BCUT2D eigenvalue weighted by molar-refractivity contribution is 0.0702. The maximum atomic E-state index is 12.5. The van der Waals surface area contributed by atoms with E-state index >= 15 is 0 Å². The molecule has 1 rings (SSSR count). The SMILES string of the molecule is CCCCCN(C(=O)c1ccc(Br)c(Cl)c1)C(C)C. The molecule has 0 saturated heterocycles. The van der Waals surface area contributed by atoms with Gasteiger partial charge in [-0.2, -0.15) is 0 Å². The summed E-state index contributed by atoms with van der Waals surface area (Å²) in [5.41, 5.74) is 0.651. The summed E-state index contributed by atoms with van der Waals surface area (Å²) in [6.45, 7) is 7.06. The number of benzene rings is 1. The van der Waals surface area contributed by atoms with E-state index in [4.69, 9.17) is 11.6 Å². The fraction of sp³-hybridized carbons (Fsp3) is 0.533. The molecular formula is C15H21BrClNO. The maximum absolute atomic E-state index is 12.5. The van der Waals surface area contributed by atoms with Crippen molar-refractivity contribution in [1.29, 1.82) is 0 Å². The van der Waals surface area contributed by atoms with Crippen LogP contribution in [-0.4, -0.2) is 23.4 Å². The topological polar surface area (TPSA) is 20.3 Å². The third kappa shape index (κ3) is 4.81. The van der Waals surface area contributed by atoms with Crippen molar-refractivity contribution >= 4 is 33.4 Å². The second kappa shape index (κ2) is 7.91. The molecule has 2 nitrogen and oxygen atoms in total. The standard InChI is InChI=1S/C15H21BrClNO/c1-4-5-6-9-18(11(2)3)15(19)12-7-8-13(16)14(17)10-12/h7-8,10-11H,4-6,9H2,1-3H3. The predicted octanol–water partition coefficient (Wildman–Crippen LogP) is 5.14. The number of carbonyl (C=O) groups is 1. The van der Waals surface area contributed by atoms with Crippen molar-refractivity contribution in [3.63, 3.8) is 0 Å². The average Bonchev–Trinajstić information content (AvgIpc) is 2.37. The molecule has 0 aliphatic heterocycles. The summed E-state index contributed by atoms with van der Waals surface area (Å²) in [4.78, 5) is 14.4. The number of rotatable bonds is 6. The molecule has 4 heteroatoms. The Bertz CT molecular complexity index is 434. The van der Waals surface area contributed by atoms with E-state index in [0.29, 0.717) is 10.6 Å². The van der Waals surface area contributed by atoms with E-state index in [0.717, 1.165) is 30.3 Å². The zero-order valence-corrected chi connectivity index (χ0v) is 14.1. The Morgan fingerprint density at radius 1 is 1.37 bits per heavy atom. The van der Waals surface area contributed by atoms with Gasteiger partial charge in [0, 0.05) is 22.6 Å². The van der Waals surface area contributed by atoms with Crippen molar-refractivity contribution < 1.29 is 4.79 Å². The minimum Gasteiger partial charge on any atom is -0.336 e. The summed E-state index contributed by atoms with van der Waals surface area (Å²) in [6, 6.07) is 5.56. The highest BCUT2D eigenvalue weighted by atomic mass is 79.9. The molecule has 0 aromatic heterocycles. The smallest absolute Gasteiger partial charge is 0.254 e. The normalized spacial score (nSPS) is 10.8. The molecule has 0 atom stereocenters. The highest BCUT2D eigenvalue weighted by molar-refractivity contribution is 9.10. The van der Waals surface area contributed by atoms with Crippen LogP contribution in [0.25, 0.3) is 0 Å². The monoisotopic (exact) mass is 345 g/mol. The summed E-state index contributed by atoms with van der Waals surface area (Å²) in [7, 11) is 0. The van der Waals surface area contributed by atoms with E-state index in [1.807, 2.05) is 30.9 Å². The number of amides is 1. The van der Waals surface area contributed by atoms with Gasteiger partial charge in [-0.1, -0.05) is 31.4 Å². The van der Waals surface area contributed by atoms with E-state index in [-0.39, 0.29) is 11.9 Å². The molecule has 0 aliphatic rings. The summed E-state index contributed by atoms with van der Waals surface area (Å²) in [5.74, 6) is 0.0560. The van der Waals surface area contributed by atoms with Crippen LogP contribution in [-0.2, 0) is 0 Å². The Morgan fingerprint density at radius 2 is 2.05 bits per heavy atom. The lowest BCUT2D eigenvalue weighted by Crippen LogP contribution is -2.37. The summed E-state index contributed by atoms with van der Waals surface area (Å²) in [5, 5.41) is 0.572. The molecule has 0 saturated carbocycles. The van der Waals surface area contributed by atoms with Crippen LogP contribution >= 0.6 is 27.5 Å². The Morgan fingerprint density at radius 3 is 2.58 bits per heavy atom. The van der Waals surface area contributed by atoms with Crippen molar-refractivity contribution in [2.45, 2.75) is 46.1 Å². The quantitative estimate of drug-likeness (QED) is 0.653. The summed E-state index contributed by atoms with van der Waals surface area (Å²) < 4.78 is 0.813. The molecule has 1 amide bonds. The van der Waals surface area contributed by atoms with Gasteiger partial charge in [0.1, 0.15) is 0 Å². The molecule has 0 spiro atoms. The lowest BCUT2D eigenvalue weighted by Gasteiger charge is -2.27. The van der Waals surface area contributed by atoms with Crippen LogP contribution in [0.15, 0.2) is 22.7 Å². The first-order valence-corrected chi connectivity index (χ1v) is 7.90. The van der Waals surface area contributed by atoms with Crippen LogP contribution in [0.3, 0.4) is 0 Å². The van der Waals surface area contributed by atoms with Crippen LogP contribution in [0.1, 0.15) is 50.4 Å². The third-order valence-electron chi connectivity index (χ3n) is 3.05. The minimum atomic E-state index is 0.0560. The molecule has 1 aromatic rings. The molecule has 0 aliphatic carbocycles. The molecule has 106 valence electrons. The molecule has 0 heterocycles. The molecule has 0 N–H and O–H groups in total. The van der Waals surface area contributed by atoms with Gasteiger partial charge in [0.2, 0.25) is 0 Å². The van der Waals surface area contributed by atoms with Crippen LogP contribution in [0.5, 0.6) is 0 Å². The van der Waals surface area contributed by atoms with Crippen molar-refractivity contribution in [2.24, 2.45) is 0 Å². The zero-order valence-electron chi connectivity index (χ0n) is 11.7. The molecule has 1 aromatic carbocycles. The van der Waals surface area contributed by atoms with Crippen LogP contribution in [0.2, 0.25) is 5.02 Å². The van der Waals surface area contributed by atoms with Gasteiger partial charge in [-0.25, -0.2) is 0 Å². The number of hydrogen-bond acceptors (Lipinski definition) is 1. The number of carbonyl (C=O) groups excluding carboxylic acids is 1. The van der Waals surface area contributed by atoms with E-state index in [2.05, 4.69) is 22.9 Å². The zero-order chi connectivity index (χ0) is 14.4. The lowest BCUT2D eigenvalue weighted by atomic mass is 10.1. The largest absolute Gasteiger partial charge is 0.336 e. The molecule has 0 fully saturated rings. The van der Waals surface area contributed by atoms with Crippen molar-refractivity contribution in [3.05, 3.63) is 33.3 Å². The highest BCUT2D eigenvalue weighted by Crippen LogP contribution is 2.24. The van der Waals surface area contributed by atoms with E-state index < -0.39 is 0 Å². The van der Waals surface area contributed by atoms with Gasteiger partial charge in [0.05, 0.1) is 5.02 Å². The Balaban J connectivity index is 2.83. The van der Waals surface area contributed by atoms with Gasteiger partial charge in [-0.15, -0.1) is 0 Å². The van der Waals surface area contributed by atoms with Crippen LogP contribution in [0, 0.1) is 0 Å². The number of unbranched alkanes of at least 4 members (excludes halogenated alkanes) is 2. The van der Waals surface area contributed by atoms with Crippen molar-refractivity contribution in [2.75, 3.05) is 6.54 Å². The predicted molar refractivity (Wildman–Crippen MR) is 84.8 cm³/mol. The molecule has 0 unspecified atom stereocenters. The summed E-state index contributed by atoms with van der Waals surface area (Å²) in [6.07, 6.45) is 3.35. The minimum absolute atomic E-state index is 0.0560. The van der Waals surface area contributed by atoms with Gasteiger partial charge < -0.3 is 4.90 Å². The van der Waals surface area contributed by atoms with E-state index in [1.165, 1.54) is 0 Å². The first-order valence-electron chi connectivity index (χ1n) is 6.73. The Labute approximate surface area is 129 Å². The van der Waals surface area contributed by atoms with Gasteiger partial charge >= 0.3 is 0 Å². The fourth-order valence-corrected chi connectivity index (χ4v) is 2.35. The average molecular weight is 347 g/mol. The van der Waals surface area contributed by atoms with Gasteiger partial charge in [-0.05, 0) is 54.4 Å². The second-order valence-electron chi connectivity index (χ2n) is 4.93. The van der Waals surface area contributed by atoms with Crippen molar-refractivity contribution in [3.8, 4) is 0 Å². The van der Waals surface area contributed by atoms with E-state index in [1.54, 1.807) is 6.07 Å². The summed E-state index contributed by atoms with van der Waals surface area (Å²) >= 11 is 9.39. The number of halogens is 2. The van der Waals surface area contributed by atoms with Gasteiger partial charge in [0.15, 0.2) is 0 Å². The number of nitrogens with zero attached hydrogens (tertiary/aromatic N) is 1. The number of hydrogen-bond donors (Lipinski definition) is 0. The van der Waals surface area contributed by atoms with E-state index in [9.17, 15) is 4.79 Å². The highest BCUT2D eigenvalue weighted by Gasteiger charge is 2.18. The molecular weight excluding hydrogens is 326 g/mol. The first-order chi connectivity index (χ1) is 8.97. The molecule has 0 bridgehead atoms. The Hall–Kier alpha value is -0.540. The molecule has 0 radical (unpaired) electrons. The van der Waals surface area contributed by atoms with Crippen molar-refractivity contribution in [1.82, 2.24) is 4.90 Å².